The Morgan fingerprint density at radius 3 is 2.67 bits per heavy atom. The van der Waals surface area contributed by atoms with Crippen LogP contribution in [-0.4, -0.2) is 30.6 Å². The van der Waals surface area contributed by atoms with E-state index in [0.29, 0.717) is 18.8 Å². The van der Waals surface area contributed by atoms with Crippen LogP contribution in [0.25, 0.3) is 0 Å². The molecule has 2 aromatic rings. The number of para-hydroxylation sites is 1. The highest BCUT2D eigenvalue weighted by molar-refractivity contribution is 5.92. The van der Waals surface area contributed by atoms with Crippen molar-refractivity contribution in [2.75, 3.05) is 25.0 Å². The molecule has 0 radical (unpaired) electrons. The first kappa shape index (κ1) is 14.8. The van der Waals surface area contributed by atoms with Gasteiger partial charge in [0.05, 0.1) is 18.4 Å². The number of anilines is 1. The van der Waals surface area contributed by atoms with Gasteiger partial charge >= 0.3 is 0 Å². The predicted molar refractivity (Wildman–Crippen MR) is 82.7 cm³/mol. The van der Waals surface area contributed by atoms with Gasteiger partial charge < -0.3 is 15.4 Å². The monoisotopic (exact) mass is 285 g/mol. The average Bonchev–Trinajstić information content (AvgIpc) is 2.53. The lowest BCUT2D eigenvalue weighted by Gasteiger charge is -2.08. The molecule has 1 amide bonds. The van der Waals surface area contributed by atoms with Crippen LogP contribution in [-0.2, 0) is 0 Å². The molecule has 5 nitrogen and oxygen atoms in total. The lowest BCUT2D eigenvalue weighted by atomic mass is 10.3. The molecule has 0 saturated carbocycles. The highest BCUT2D eigenvalue weighted by Crippen LogP contribution is 2.07. The third-order valence-electron chi connectivity index (χ3n) is 2.78. The van der Waals surface area contributed by atoms with Crippen molar-refractivity contribution in [2.24, 2.45) is 0 Å². The number of nitrogens with zero attached hydrogens (tertiary/aromatic N) is 1. The molecule has 0 saturated heterocycles. The Hall–Kier alpha value is -2.56. The molecule has 0 unspecified atom stereocenters. The van der Waals surface area contributed by atoms with Gasteiger partial charge in [0, 0.05) is 6.54 Å². The Morgan fingerprint density at radius 1 is 1.19 bits per heavy atom. The summed E-state index contributed by atoms with van der Waals surface area (Å²) in [6.07, 6.45) is 1.65. The van der Waals surface area contributed by atoms with Crippen molar-refractivity contribution in [1.82, 2.24) is 10.3 Å². The Morgan fingerprint density at radius 2 is 2.00 bits per heavy atom. The lowest BCUT2D eigenvalue weighted by Crippen LogP contribution is -2.28. The van der Waals surface area contributed by atoms with Crippen LogP contribution in [0, 0.1) is 0 Å². The van der Waals surface area contributed by atoms with Crippen LogP contribution in [0.3, 0.4) is 0 Å². The van der Waals surface area contributed by atoms with Crippen LogP contribution in [0.2, 0.25) is 0 Å². The number of rotatable bonds is 7. The molecular weight excluding hydrogens is 266 g/mol. The smallest absolute Gasteiger partial charge is 0.269 e. The summed E-state index contributed by atoms with van der Waals surface area (Å²) in [7, 11) is 0. The van der Waals surface area contributed by atoms with Crippen molar-refractivity contribution in [2.45, 2.75) is 6.92 Å². The molecule has 0 aliphatic heterocycles. The van der Waals surface area contributed by atoms with Crippen LogP contribution in [0.15, 0.2) is 48.7 Å². The van der Waals surface area contributed by atoms with E-state index < -0.39 is 0 Å². The first-order valence-corrected chi connectivity index (χ1v) is 6.95. The van der Waals surface area contributed by atoms with Gasteiger partial charge in [0.1, 0.15) is 18.1 Å². The summed E-state index contributed by atoms with van der Waals surface area (Å²) in [5.41, 5.74) is 1.30. The fourth-order valence-corrected chi connectivity index (χ4v) is 1.78. The van der Waals surface area contributed by atoms with E-state index in [1.807, 2.05) is 43.3 Å². The minimum absolute atomic E-state index is 0.199. The van der Waals surface area contributed by atoms with Crippen LogP contribution in [0.4, 0.5) is 5.69 Å². The molecule has 0 atom stereocenters. The quantitative estimate of drug-likeness (QED) is 0.766. The molecule has 2 N–H and O–H groups in total. The molecule has 0 fully saturated rings. The molecular formula is C16H19N3O2. The summed E-state index contributed by atoms with van der Waals surface area (Å²) in [5.74, 6) is 0.592. The number of pyridine rings is 1. The zero-order valence-corrected chi connectivity index (χ0v) is 12.0. The van der Waals surface area contributed by atoms with E-state index in [1.54, 1.807) is 12.3 Å². The molecule has 0 aliphatic rings. The molecule has 21 heavy (non-hydrogen) atoms. The zero-order chi connectivity index (χ0) is 14.9. The van der Waals surface area contributed by atoms with E-state index >= 15 is 0 Å². The number of hydrogen-bond donors (Lipinski definition) is 2. The van der Waals surface area contributed by atoms with Crippen LogP contribution >= 0.6 is 0 Å². The molecule has 0 bridgehead atoms. The molecule has 110 valence electrons. The van der Waals surface area contributed by atoms with E-state index in [9.17, 15) is 4.79 Å². The average molecular weight is 285 g/mol. The number of ether oxygens (including phenoxy) is 1. The minimum Gasteiger partial charge on any atom is -0.492 e. The highest BCUT2D eigenvalue weighted by Gasteiger charge is 2.06. The van der Waals surface area contributed by atoms with Crippen LogP contribution in [0.5, 0.6) is 5.75 Å². The maximum atomic E-state index is 11.9. The first-order valence-electron chi connectivity index (χ1n) is 6.95. The number of hydrogen-bond acceptors (Lipinski definition) is 4. The van der Waals surface area contributed by atoms with Gasteiger partial charge in [-0.05, 0) is 31.2 Å². The Kier molecular flexibility index (Phi) is 5.58. The number of amides is 1. The summed E-state index contributed by atoms with van der Waals surface area (Å²) in [5, 5.41) is 5.90. The zero-order valence-electron chi connectivity index (χ0n) is 12.0. The highest BCUT2D eigenvalue weighted by atomic mass is 16.5. The van der Waals surface area contributed by atoms with Gasteiger partial charge in [0.2, 0.25) is 0 Å². The van der Waals surface area contributed by atoms with Gasteiger partial charge in [-0.3, -0.25) is 4.79 Å². The van der Waals surface area contributed by atoms with Crippen molar-refractivity contribution in [3.05, 3.63) is 54.4 Å². The van der Waals surface area contributed by atoms with Gasteiger partial charge in [-0.2, -0.15) is 0 Å². The number of carbonyl (C=O) groups is 1. The molecule has 0 aliphatic carbocycles. The predicted octanol–water partition coefficient (Wildman–Crippen LogP) is 2.32. The molecule has 5 heteroatoms. The standard InChI is InChI=1S/C16H19N3O2/c1-2-17-13-8-9-15(19-12-13)16(20)18-10-11-21-14-6-4-3-5-7-14/h3-9,12,17H,2,10-11H2,1H3,(H,18,20). The first-order chi connectivity index (χ1) is 10.3. The molecule has 0 spiro atoms. The van der Waals surface area contributed by atoms with E-state index in [2.05, 4.69) is 15.6 Å². The van der Waals surface area contributed by atoms with Gasteiger partial charge in [-0.15, -0.1) is 0 Å². The minimum atomic E-state index is -0.199. The molecule has 2 rings (SSSR count). The second-order valence-corrected chi connectivity index (χ2v) is 4.38. The second kappa shape index (κ2) is 7.89. The van der Waals surface area contributed by atoms with E-state index in [4.69, 9.17) is 4.74 Å². The van der Waals surface area contributed by atoms with Crippen molar-refractivity contribution >= 4 is 11.6 Å². The van der Waals surface area contributed by atoms with Gasteiger partial charge in [0.25, 0.3) is 5.91 Å². The second-order valence-electron chi connectivity index (χ2n) is 4.38. The number of benzene rings is 1. The number of nitrogens with one attached hydrogen (secondary N) is 2. The van der Waals surface area contributed by atoms with Crippen molar-refractivity contribution in [1.29, 1.82) is 0 Å². The van der Waals surface area contributed by atoms with E-state index in [-0.39, 0.29) is 5.91 Å². The fourth-order valence-electron chi connectivity index (χ4n) is 1.78. The van der Waals surface area contributed by atoms with Crippen molar-refractivity contribution < 1.29 is 9.53 Å². The van der Waals surface area contributed by atoms with Crippen LogP contribution < -0.4 is 15.4 Å². The summed E-state index contributed by atoms with van der Waals surface area (Å²) < 4.78 is 5.50. The fraction of sp³-hybridized carbons (Fsp3) is 0.250. The summed E-state index contributed by atoms with van der Waals surface area (Å²) >= 11 is 0. The number of aromatic nitrogens is 1. The normalized spacial score (nSPS) is 9.95. The molecule has 1 heterocycles. The van der Waals surface area contributed by atoms with E-state index in [1.165, 1.54) is 0 Å². The maximum Gasteiger partial charge on any atom is 0.269 e. The van der Waals surface area contributed by atoms with E-state index in [0.717, 1.165) is 18.0 Å². The largest absolute Gasteiger partial charge is 0.492 e. The van der Waals surface area contributed by atoms with Gasteiger partial charge in [-0.25, -0.2) is 4.98 Å². The molecule has 1 aromatic carbocycles. The van der Waals surface area contributed by atoms with Crippen LogP contribution in [0.1, 0.15) is 17.4 Å². The lowest BCUT2D eigenvalue weighted by molar-refractivity contribution is 0.0942. The van der Waals surface area contributed by atoms with Gasteiger partial charge in [0.15, 0.2) is 0 Å². The molecule has 1 aromatic heterocycles. The van der Waals surface area contributed by atoms with Crippen molar-refractivity contribution in [3.63, 3.8) is 0 Å². The van der Waals surface area contributed by atoms with Crippen molar-refractivity contribution in [3.8, 4) is 5.75 Å². The topological polar surface area (TPSA) is 63.2 Å². The Balaban J connectivity index is 1.74. The SMILES string of the molecule is CCNc1ccc(C(=O)NCCOc2ccccc2)nc1. The van der Waals surface area contributed by atoms with Gasteiger partial charge in [-0.1, -0.05) is 18.2 Å². The summed E-state index contributed by atoms with van der Waals surface area (Å²) in [6.45, 7) is 3.69. The summed E-state index contributed by atoms with van der Waals surface area (Å²) in [4.78, 5) is 16.0. The third-order valence-corrected chi connectivity index (χ3v) is 2.78. The maximum absolute atomic E-state index is 11.9. The number of carbonyl (C=O) groups excluding carboxylic acids is 1. The third kappa shape index (κ3) is 4.80. The Labute approximate surface area is 124 Å². The summed E-state index contributed by atoms with van der Waals surface area (Å²) in [6, 6.07) is 13.0. The Bertz CT molecular complexity index is 555.